The van der Waals surface area contributed by atoms with Crippen LogP contribution in [0, 0.1) is 11.3 Å². The average Bonchev–Trinajstić information content (AvgIpc) is 3.09. The third kappa shape index (κ3) is 3.67. The number of hydrogen-bond donors (Lipinski definition) is 2. The van der Waals surface area contributed by atoms with Gasteiger partial charge >= 0.3 is 0 Å². The van der Waals surface area contributed by atoms with Gasteiger partial charge in [-0.3, -0.25) is 0 Å². The summed E-state index contributed by atoms with van der Waals surface area (Å²) in [5.74, 6) is 1.30. The Kier molecular flexibility index (Phi) is 5.55. The van der Waals surface area contributed by atoms with Crippen molar-refractivity contribution in [1.82, 2.24) is 19.5 Å². The normalized spacial score (nSPS) is 12.0. The van der Waals surface area contributed by atoms with Gasteiger partial charge in [0.1, 0.15) is 23.2 Å². The summed E-state index contributed by atoms with van der Waals surface area (Å²) in [5, 5.41) is 25.1. The minimum Gasteiger partial charge on any atom is -0.510 e. The Bertz CT molecular complexity index is 1300. The second-order valence-corrected chi connectivity index (χ2v) is 7.55. The van der Waals surface area contributed by atoms with E-state index in [0.29, 0.717) is 11.0 Å². The summed E-state index contributed by atoms with van der Waals surface area (Å²) in [7, 11) is 1.83. The molecule has 0 radical (unpaired) electrons. The number of thioether (sulfide) groups is 1. The lowest BCUT2D eigenvalue weighted by Gasteiger charge is -2.09. The third-order valence-electron chi connectivity index (χ3n) is 4.68. The fourth-order valence-corrected chi connectivity index (χ4v) is 3.97. The Balaban J connectivity index is 1.65. The molecular weight excluding hydrogens is 396 g/mol. The lowest BCUT2D eigenvalue weighted by atomic mass is 10.2. The standard InChI is InChI=1S/C22H20N6OS/c1-3-24-20-14-8-4-5-9-16(14)26-22(27-20)30-13-19(29)15(12-23)21-25-17-10-6-7-11-18(17)28(21)2/h4-11,29H,3,13H2,1-2H3,(H,24,26,27)/b19-15-. The number of aryl methyl sites for hydroxylation is 1. The van der Waals surface area contributed by atoms with Crippen LogP contribution in [0.3, 0.4) is 0 Å². The van der Waals surface area contributed by atoms with E-state index in [1.54, 1.807) is 0 Å². The molecule has 8 heteroatoms. The van der Waals surface area contributed by atoms with Gasteiger partial charge in [-0.1, -0.05) is 36.0 Å². The van der Waals surface area contributed by atoms with Gasteiger partial charge in [-0.15, -0.1) is 0 Å². The molecule has 0 saturated heterocycles. The molecule has 0 atom stereocenters. The lowest BCUT2D eigenvalue weighted by molar-refractivity contribution is 0.420. The maximum Gasteiger partial charge on any atom is 0.190 e. The molecule has 0 aliphatic heterocycles. The number of nitriles is 1. The highest BCUT2D eigenvalue weighted by molar-refractivity contribution is 7.99. The summed E-state index contributed by atoms with van der Waals surface area (Å²) in [4.78, 5) is 13.7. The van der Waals surface area contributed by atoms with Crippen molar-refractivity contribution < 1.29 is 5.11 Å². The van der Waals surface area contributed by atoms with Crippen LogP contribution in [0.25, 0.3) is 27.5 Å². The fourth-order valence-electron chi connectivity index (χ4n) is 3.24. The monoisotopic (exact) mass is 416 g/mol. The maximum atomic E-state index is 10.7. The summed E-state index contributed by atoms with van der Waals surface area (Å²) in [5.41, 5.74) is 2.64. The van der Waals surface area contributed by atoms with E-state index in [1.165, 1.54) is 11.8 Å². The number of aromatic nitrogens is 4. The van der Waals surface area contributed by atoms with Crippen LogP contribution in [0.1, 0.15) is 12.7 Å². The summed E-state index contributed by atoms with van der Waals surface area (Å²) >= 11 is 1.28. The number of anilines is 1. The number of fused-ring (bicyclic) bond motifs is 2. The van der Waals surface area contributed by atoms with Crippen molar-refractivity contribution >= 4 is 45.1 Å². The quantitative estimate of drug-likeness (QED) is 0.206. The third-order valence-corrected chi connectivity index (χ3v) is 5.53. The first kappa shape index (κ1) is 19.7. The van der Waals surface area contributed by atoms with Gasteiger partial charge in [0.25, 0.3) is 0 Å². The van der Waals surface area contributed by atoms with E-state index in [9.17, 15) is 10.4 Å². The molecule has 0 unspecified atom stereocenters. The van der Waals surface area contributed by atoms with Gasteiger partial charge in [0.05, 0.1) is 22.3 Å². The molecule has 0 amide bonds. The first-order valence-electron chi connectivity index (χ1n) is 9.49. The molecule has 0 aliphatic rings. The van der Waals surface area contributed by atoms with Gasteiger partial charge in [0.15, 0.2) is 11.0 Å². The largest absolute Gasteiger partial charge is 0.510 e. The topological polar surface area (TPSA) is 99.6 Å². The van der Waals surface area contributed by atoms with Crippen molar-refractivity contribution in [3.05, 3.63) is 60.1 Å². The fraction of sp³-hybridized carbons (Fsp3) is 0.182. The van der Waals surface area contributed by atoms with Crippen molar-refractivity contribution in [3.63, 3.8) is 0 Å². The van der Waals surface area contributed by atoms with E-state index in [2.05, 4.69) is 26.3 Å². The summed E-state index contributed by atoms with van der Waals surface area (Å²) in [6, 6.07) is 17.5. The van der Waals surface area contributed by atoms with E-state index < -0.39 is 0 Å². The number of nitrogens with zero attached hydrogens (tertiary/aromatic N) is 5. The number of imidazole rings is 1. The maximum absolute atomic E-state index is 10.7. The zero-order valence-electron chi connectivity index (χ0n) is 16.6. The van der Waals surface area contributed by atoms with Crippen molar-refractivity contribution in [2.45, 2.75) is 12.1 Å². The summed E-state index contributed by atoms with van der Waals surface area (Å²) < 4.78 is 1.81. The van der Waals surface area contributed by atoms with E-state index in [-0.39, 0.29) is 17.1 Å². The molecule has 2 heterocycles. The minimum atomic E-state index is -0.0531. The van der Waals surface area contributed by atoms with Gasteiger partial charge in [-0.2, -0.15) is 5.26 Å². The Hall–Kier alpha value is -3.57. The van der Waals surface area contributed by atoms with Crippen molar-refractivity contribution in [1.29, 1.82) is 5.26 Å². The molecular formula is C22H20N6OS. The minimum absolute atomic E-state index is 0.0531. The van der Waals surface area contributed by atoms with Gasteiger partial charge in [-0.25, -0.2) is 15.0 Å². The Morgan fingerprint density at radius 3 is 2.57 bits per heavy atom. The van der Waals surface area contributed by atoms with E-state index in [0.717, 1.165) is 34.3 Å². The van der Waals surface area contributed by atoms with Crippen molar-refractivity contribution in [2.24, 2.45) is 7.05 Å². The molecule has 30 heavy (non-hydrogen) atoms. The highest BCUT2D eigenvalue weighted by Gasteiger charge is 2.17. The van der Waals surface area contributed by atoms with Crippen LogP contribution in [0.15, 0.2) is 59.4 Å². The Morgan fingerprint density at radius 2 is 1.83 bits per heavy atom. The van der Waals surface area contributed by atoms with E-state index in [4.69, 9.17) is 0 Å². The van der Waals surface area contributed by atoms with Crippen LogP contribution < -0.4 is 5.32 Å². The molecule has 7 nitrogen and oxygen atoms in total. The molecule has 0 saturated carbocycles. The Morgan fingerprint density at radius 1 is 1.10 bits per heavy atom. The molecule has 0 bridgehead atoms. The second kappa shape index (κ2) is 8.43. The van der Waals surface area contributed by atoms with Crippen molar-refractivity contribution in [3.8, 4) is 6.07 Å². The molecule has 4 aromatic rings. The van der Waals surface area contributed by atoms with E-state index in [1.807, 2.05) is 67.1 Å². The summed E-state index contributed by atoms with van der Waals surface area (Å²) in [6.45, 7) is 2.75. The molecule has 2 aromatic carbocycles. The first-order chi connectivity index (χ1) is 14.6. The van der Waals surface area contributed by atoms with Crippen LogP contribution in [-0.2, 0) is 7.05 Å². The molecule has 0 aliphatic carbocycles. The zero-order valence-corrected chi connectivity index (χ0v) is 17.4. The van der Waals surface area contributed by atoms with Crippen LogP contribution in [0.5, 0.6) is 0 Å². The van der Waals surface area contributed by atoms with Gasteiger partial charge in [-0.05, 0) is 31.2 Å². The summed E-state index contributed by atoms with van der Waals surface area (Å²) in [6.07, 6.45) is 0. The van der Waals surface area contributed by atoms with Crippen molar-refractivity contribution in [2.75, 3.05) is 17.6 Å². The first-order valence-corrected chi connectivity index (χ1v) is 10.5. The van der Waals surface area contributed by atoms with Crippen LogP contribution >= 0.6 is 11.8 Å². The molecule has 150 valence electrons. The number of allylic oxidation sites excluding steroid dienone is 1. The molecule has 2 N–H and O–H groups in total. The smallest absolute Gasteiger partial charge is 0.190 e. The molecule has 0 fully saturated rings. The van der Waals surface area contributed by atoms with Gasteiger partial charge in [0, 0.05) is 19.0 Å². The number of nitrogens with one attached hydrogen (secondary N) is 1. The number of hydrogen-bond acceptors (Lipinski definition) is 7. The number of para-hydroxylation sites is 3. The van der Waals surface area contributed by atoms with Crippen LogP contribution in [0.2, 0.25) is 0 Å². The lowest BCUT2D eigenvalue weighted by Crippen LogP contribution is -2.04. The van der Waals surface area contributed by atoms with Crippen LogP contribution in [-0.4, -0.2) is 36.9 Å². The predicted octanol–water partition coefficient (Wildman–Crippen LogP) is 4.53. The SMILES string of the molecule is CCNc1nc(SC/C(O)=C(\C#N)c2nc3ccccc3n2C)nc2ccccc12. The molecule has 0 spiro atoms. The highest BCUT2D eigenvalue weighted by Crippen LogP contribution is 2.27. The number of rotatable bonds is 6. The highest BCUT2D eigenvalue weighted by atomic mass is 32.2. The number of aliphatic hydroxyl groups is 1. The second-order valence-electron chi connectivity index (χ2n) is 6.61. The molecule has 4 rings (SSSR count). The molecule has 2 aromatic heterocycles. The average molecular weight is 417 g/mol. The predicted molar refractivity (Wildman–Crippen MR) is 120 cm³/mol. The van der Waals surface area contributed by atoms with Gasteiger partial charge in [0.2, 0.25) is 0 Å². The van der Waals surface area contributed by atoms with Crippen LogP contribution in [0.4, 0.5) is 5.82 Å². The number of benzene rings is 2. The van der Waals surface area contributed by atoms with Gasteiger partial charge < -0.3 is 15.0 Å². The zero-order chi connectivity index (χ0) is 21.1. The van der Waals surface area contributed by atoms with E-state index >= 15 is 0 Å². The number of aliphatic hydroxyl groups excluding tert-OH is 1. The Labute approximate surface area is 178 Å².